The molecule has 1 unspecified atom stereocenters. The standard InChI is InChI=1S/C17H25N3O/c1-3-18-16(12-15-13-19-20(4-2)14-15)10-11-21-17-8-6-5-7-9-17/h5-9,13-14,16,18H,3-4,10-12H2,1-2H3. The summed E-state index contributed by atoms with van der Waals surface area (Å²) in [5.74, 6) is 0.937. The second-order valence-corrected chi connectivity index (χ2v) is 5.11. The lowest BCUT2D eigenvalue weighted by atomic mass is 10.1. The van der Waals surface area contributed by atoms with Crippen molar-refractivity contribution in [2.24, 2.45) is 0 Å². The van der Waals surface area contributed by atoms with Crippen molar-refractivity contribution in [3.63, 3.8) is 0 Å². The number of aryl methyl sites for hydroxylation is 1. The fourth-order valence-electron chi connectivity index (χ4n) is 2.37. The van der Waals surface area contributed by atoms with Gasteiger partial charge in [-0.25, -0.2) is 0 Å². The molecule has 0 aliphatic rings. The Kier molecular flexibility index (Phi) is 6.28. The molecule has 0 saturated heterocycles. The maximum Gasteiger partial charge on any atom is 0.119 e. The van der Waals surface area contributed by atoms with Gasteiger partial charge >= 0.3 is 0 Å². The van der Waals surface area contributed by atoms with Gasteiger partial charge in [0, 0.05) is 18.8 Å². The molecule has 4 nitrogen and oxygen atoms in total. The summed E-state index contributed by atoms with van der Waals surface area (Å²) in [6.07, 6.45) is 6.07. The van der Waals surface area contributed by atoms with Gasteiger partial charge in [-0.2, -0.15) is 5.10 Å². The SMILES string of the molecule is CCNC(CCOc1ccccc1)Cc1cnn(CC)c1. The molecule has 0 radical (unpaired) electrons. The Hall–Kier alpha value is -1.81. The van der Waals surface area contributed by atoms with E-state index in [4.69, 9.17) is 4.74 Å². The topological polar surface area (TPSA) is 39.1 Å². The molecule has 0 aliphatic heterocycles. The van der Waals surface area contributed by atoms with Crippen LogP contribution in [0.2, 0.25) is 0 Å². The molecular weight excluding hydrogens is 262 g/mol. The summed E-state index contributed by atoms with van der Waals surface area (Å²) < 4.78 is 7.76. The van der Waals surface area contributed by atoms with Crippen LogP contribution in [-0.4, -0.2) is 29.0 Å². The fourth-order valence-corrected chi connectivity index (χ4v) is 2.37. The predicted molar refractivity (Wildman–Crippen MR) is 85.6 cm³/mol. The van der Waals surface area contributed by atoms with Crippen LogP contribution in [0.5, 0.6) is 5.75 Å². The average molecular weight is 287 g/mol. The third-order valence-corrected chi connectivity index (χ3v) is 3.46. The largest absolute Gasteiger partial charge is 0.494 e. The summed E-state index contributed by atoms with van der Waals surface area (Å²) in [6, 6.07) is 10.4. The average Bonchev–Trinajstić information content (AvgIpc) is 2.96. The lowest BCUT2D eigenvalue weighted by molar-refractivity contribution is 0.285. The second kappa shape index (κ2) is 8.47. The molecule has 0 bridgehead atoms. The first-order valence-electron chi connectivity index (χ1n) is 7.74. The van der Waals surface area contributed by atoms with E-state index in [9.17, 15) is 0 Å². The minimum absolute atomic E-state index is 0.424. The van der Waals surface area contributed by atoms with Gasteiger partial charge in [0.25, 0.3) is 0 Å². The summed E-state index contributed by atoms with van der Waals surface area (Å²) in [4.78, 5) is 0. The van der Waals surface area contributed by atoms with Gasteiger partial charge in [0.05, 0.1) is 12.8 Å². The van der Waals surface area contributed by atoms with Crippen molar-refractivity contribution in [1.29, 1.82) is 0 Å². The molecule has 2 aromatic rings. The Labute approximate surface area is 127 Å². The molecule has 21 heavy (non-hydrogen) atoms. The predicted octanol–water partition coefficient (Wildman–Crippen LogP) is 2.89. The lowest BCUT2D eigenvalue weighted by Gasteiger charge is -2.17. The molecular formula is C17H25N3O. The Morgan fingerprint density at radius 3 is 2.71 bits per heavy atom. The normalized spacial score (nSPS) is 12.3. The van der Waals surface area contributed by atoms with Crippen LogP contribution in [0.15, 0.2) is 42.7 Å². The van der Waals surface area contributed by atoms with Gasteiger partial charge in [0.1, 0.15) is 5.75 Å². The molecule has 2 rings (SSSR count). The third-order valence-electron chi connectivity index (χ3n) is 3.46. The van der Waals surface area contributed by atoms with Crippen LogP contribution in [0, 0.1) is 0 Å². The molecule has 4 heteroatoms. The van der Waals surface area contributed by atoms with Gasteiger partial charge in [0.2, 0.25) is 0 Å². The fraction of sp³-hybridized carbons (Fsp3) is 0.471. The van der Waals surface area contributed by atoms with Crippen molar-refractivity contribution in [3.05, 3.63) is 48.3 Å². The monoisotopic (exact) mass is 287 g/mol. The van der Waals surface area contributed by atoms with E-state index in [2.05, 4.69) is 30.5 Å². The van der Waals surface area contributed by atoms with Crippen molar-refractivity contribution >= 4 is 0 Å². The summed E-state index contributed by atoms with van der Waals surface area (Å²) in [5.41, 5.74) is 1.28. The third kappa shape index (κ3) is 5.23. The molecule has 0 saturated carbocycles. The summed E-state index contributed by atoms with van der Waals surface area (Å²) in [7, 11) is 0. The molecule has 0 aliphatic carbocycles. The number of para-hydroxylation sites is 1. The summed E-state index contributed by atoms with van der Waals surface area (Å²) in [5, 5.41) is 7.86. The number of aromatic nitrogens is 2. The van der Waals surface area contributed by atoms with Gasteiger partial charge in [0.15, 0.2) is 0 Å². The van der Waals surface area contributed by atoms with E-state index in [1.807, 2.05) is 41.2 Å². The number of ether oxygens (including phenoxy) is 1. The summed E-state index contributed by atoms with van der Waals surface area (Å²) >= 11 is 0. The minimum atomic E-state index is 0.424. The van der Waals surface area contributed by atoms with Gasteiger partial charge in [-0.05, 0) is 44.0 Å². The number of benzene rings is 1. The smallest absolute Gasteiger partial charge is 0.119 e. The Morgan fingerprint density at radius 2 is 2.05 bits per heavy atom. The zero-order chi connectivity index (χ0) is 14.9. The van der Waals surface area contributed by atoms with Gasteiger partial charge in [-0.3, -0.25) is 4.68 Å². The highest BCUT2D eigenvalue weighted by molar-refractivity contribution is 5.20. The van der Waals surface area contributed by atoms with E-state index in [-0.39, 0.29) is 0 Å². The van der Waals surface area contributed by atoms with Crippen molar-refractivity contribution in [2.75, 3.05) is 13.2 Å². The van der Waals surface area contributed by atoms with Crippen molar-refractivity contribution in [3.8, 4) is 5.75 Å². The number of rotatable bonds is 9. The van der Waals surface area contributed by atoms with E-state index in [0.717, 1.165) is 38.3 Å². The van der Waals surface area contributed by atoms with E-state index >= 15 is 0 Å². The molecule has 1 heterocycles. The highest BCUT2D eigenvalue weighted by Gasteiger charge is 2.10. The van der Waals surface area contributed by atoms with E-state index in [1.165, 1.54) is 5.56 Å². The van der Waals surface area contributed by atoms with E-state index < -0.39 is 0 Å². The molecule has 1 atom stereocenters. The highest BCUT2D eigenvalue weighted by Crippen LogP contribution is 2.10. The van der Waals surface area contributed by atoms with Crippen LogP contribution >= 0.6 is 0 Å². The highest BCUT2D eigenvalue weighted by atomic mass is 16.5. The van der Waals surface area contributed by atoms with Gasteiger partial charge < -0.3 is 10.1 Å². The first kappa shape index (κ1) is 15.6. The van der Waals surface area contributed by atoms with Crippen LogP contribution < -0.4 is 10.1 Å². The maximum atomic E-state index is 5.79. The molecule has 1 N–H and O–H groups in total. The number of hydrogen-bond acceptors (Lipinski definition) is 3. The van der Waals surface area contributed by atoms with Crippen LogP contribution in [0.4, 0.5) is 0 Å². The number of likely N-dealkylation sites (N-methyl/N-ethyl adjacent to an activating group) is 1. The van der Waals surface area contributed by atoms with Crippen molar-refractivity contribution < 1.29 is 4.74 Å². The van der Waals surface area contributed by atoms with Crippen LogP contribution in [0.25, 0.3) is 0 Å². The second-order valence-electron chi connectivity index (χ2n) is 5.11. The molecule has 0 amide bonds. The Morgan fingerprint density at radius 1 is 1.24 bits per heavy atom. The lowest BCUT2D eigenvalue weighted by Crippen LogP contribution is -2.32. The zero-order valence-electron chi connectivity index (χ0n) is 13.0. The Balaban J connectivity index is 1.81. The first-order chi connectivity index (χ1) is 10.3. The van der Waals surface area contributed by atoms with Crippen LogP contribution in [0.1, 0.15) is 25.8 Å². The van der Waals surface area contributed by atoms with Gasteiger partial charge in [-0.1, -0.05) is 25.1 Å². The number of nitrogens with zero attached hydrogens (tertiary/aromatic N) is 2. The van der Waals surface area contributed by atoms with Crippen molar-refractivity contribution in [1.82, 2.24) is 15.1 Å². The quantitative estimate of drug-likeness (QED) is 0.771. The molecule has 114 valence electrons. The number of nitrogens with one attached hydrogen (secondary N) is 1. The molecule has 1 aromatic carbocycles. The summed E-state index contributed by atoms with van der Waals surface area (Å²) in [6.45, 7) is 6.86. The van der Waals surface area contributed by atoms with Crippen molar-refractivity contribution in [2.45, 2.75) is 39.3 Å². The van der Waals surface area contributed by atoms with E-state index in [1.54, 1.807) is 0 Å². The maximum absolute atomic E-state index is 5.79. The molecule has 1 aromatic heterocycles. The molecule has 0 fully saturated rings. The minimum Gasteiger partial charge on any atom is -0.494 e. The van der Waals surface area contributed by atoms with Crippen LogP contribution in [0.3, 0.4) is 0 Å². The van der Waals surface area contributed by atoms with E-state index in [0.29, 0.717) is 6.04 Å². The Bertz CT molecular complexity index is 510. The first-order valence-corrected chi connectivity index (χ1v) is 7.74. The van der Waals surface area contributed by atoms with Gasteiger partial charge in [-0.15, -0.1) is 0 Å². The van der Waals surface area contributed by atoms with Crippen LogP contribution in [-0.2, 0) is 13.0 Å². The zero-order valence-corrected chi connectivity index (χ0v) is 13.0. The number of hydrogen-bond donors (Lipinski definition) is 1. The molecule has 0 spiro atoms.